The van der Waals surface area contributed by atoms with E-state index in [2.05, 4.69) is 30.4 Å². The third-order valence-electron chi connectivity index (χ3n) is 3.40. The van der Waals surface area contributed by atoms with Gasteiger partial charge in [0.25, 0.3) is 0 Å². The summed E-state index contributed by atoms with van der Waals surface area (Å²) in [6.45, 7) is 2.68. The lowest BCUT2D eigenvalue weighted by molar-refractivity contribution is 0.308. The molecule has 1 heterocycles. The van der Waals surface area contributed by atoms with E-state index in [1.54, 1.807) is 0 Å². The van der Waals surface area contributed by atoms with Crippen LogP contribution in [0.15, 0.2) is 48.5 Å². The molecule has 3 heteroatoms. The first-order chi connectivity index (χ1) is 9.25. The molecule has 0 spiro atoms. The van der Waals surface area contributed by atoms with Gasteiger partial charge in [0.2, 0.25) is 0 Å². The second kappa shape index (κ2) is 5.02. The van der Waals surface area contributed by atoms with E-state index in [1.807, 2.05) is 30.3 Å². The van der Waals surface area contributed by atoms with Gasteiger partial charge in [0.05, 0.1) is 10.7 Å². The Bertz CT molecular complexity index is 609. The number of benzene rings is 2. The number of hydrogen-bond acceptors (Lipinski definition) is 2. The van der Waals surface area contributed by atoms with Crippen LogP contribution in [0.2, 0.25) is 0 Å². The van der Waals surface area contributed by atoms with Crippen molar-refractivity contribution in [3.8, 4) is 5.75 Å². The molecule has 96 valence electrons. The Morgan fingerprint density at radius 3 is 2.68 bits per heavy atom. The Kier molecular flexibility index (Phi) is 3.22. The van der Waals surface area contributed by atoms with Crippen LogP contribution in [0, 0.1) is 0 Å². The first-order valence-corrected chi connectivity index (χ1v) is 6.77. The molecular weight excluding hydrogens is 254 g/mol. The molecule has 1 atom stereocenters. The molecule has 1 unspecified atom stereocenters. The monoisotopic (exact) mass is 269 g/mol. The number of anilines is 1. The molecule has 1 N–H and O–H groups in total. The normalized spacial score (nSPS) is 16.9. The SMILES string of the molecule is CC1C(=S)Nc2c(OCc3ccccc3)cccc21. The summed E-state index contributed by atoms with van der Waals surface area (Å²) in [5.41, 5.74) is 3.40. The molecule has 19 heavy (non-hydrogen) atoms. The number of para-hydroxylation sites is 1. The Hall–Kier alpha value is -1.87. The average molecular weight is 269 g/mol. The van der Waals surface area contributed by atoms with Crippen LogP contribution in [0.5, 0.6) is 5.75 Å². The third-order valence-corrected chi connectivity index (χ3v) is 3.86. The van der Waals surface area contributed by atoms with E-state index in [4.69, 9.17) is 17.0 Å². The van der Waals surface area contributed by atoms with Crippen molar-refractivity contribution in [3.63, 3.8) is 0 Å². The average Bonchev–Trinajstić information content (AvgIpc) is 2.74. The second-order valence-electron chi connectivity index (χ2n) is 4.71. The minimum absolute atomic E-state index is 0.269. The van der Waals surface area contributed by atoms with E-state index in [9.17, 15) is 0 Å². The summed E-state index contributed by atoms with van der Waals surface area (Å²) in [5.74, 6) is 1.14. The van der Waals surface area contributed by atoms with E-state index >= 15 is 0 Å². The predicted octanol–water partition coefficient (Wildman–Crippen LogP) is 4.12. The molecule has 0 aliphatic carbocycles. The van der Waals surface area contributed by atoms with E-state index < -0.39 is 0 Å². The number of rotatable bonds is 3. The highest BCUT2D eigenvalue weighted by Crippen LogP contribution is 2.39. The Balaban J connectivity index is 1.82. The molecule has 0 saturated heterocycles. The molecule has 2 aromatic rings. The topological polar surface area (TPSA) is 21.3 Å². The Labute approximate surface area is 118 Å². The van der Waals surface area contributed by atoms with Crippen molar-refractivity contribution in [3.05, 3.63) is 59.7 Å². The lowest BCUT2D eigenvalue weighted by Crippen LogP contribution is -2.06. The molecule has 0 saturated carbocycles. The zero-order chi connectivity index (χ0) is 13.2. The van der Waals surface area contributed by atoms with Crippen molar-refractivity contribution in [1.29, 1.82) is 0 Å². The van der Waals surface area contributed by atoms with Crippen LogP contribution in [0.4, 0.5) is 5.69 Å². The summed E-state index contributed by atoms with van der Waals surface area (Å²) < 4.78 is 5.91. The summed E-state index contributed by atoms with van der Waals surface area (Å²) in [5, 5.41) is 3.26. The van der Waals surface area contributed by atoms with Crippen LogP contribution in [-0.4, -0.2) is 4.99 Å². The van der Waals surface area contributed by atoms with Gasteiger partial charge >= 0.3 is 0 Å². The standard InChI is InChI=1S/C16H15NOS/c1-11-13-8-5-9-14(15(13)17-16(11)19)18-10-12-6-3-2-4-7-12/h2-9,11H,10H2,1H3,(H,17,19). The van der Waals surface area contributed by atoms with Crippen LogP contribution in [0.3, 0.4) is 0 Å². The summed E-state index contributed by atoms with van der Waals surface area (Å²) in [7, 11) is 0. The molecule has 0 radical (unpaired) electrons. The predicted molar refractivity (Wildman–Crippen MR) is 81.9 cm³/mol. The van der Waals surface area contributed by atoms with Crippen LogP contribution in [-0.2, 0) is 6.61 Å². The van der Waals surface area contributed by atoms with Gasteiger partial charge in [0, 0.05) is 5.92 Å². The van der Waals surface area contributed by atoms with Gasteiger partial charge in [-0.05, 0) is 17.2 Å². The maximum absolute atomic E-state index is 5.91. The molecule has 0 fully saturated rings. The van der Waals surface area contributed by atoms with Crippen LogP contribution in [0.1, 0.15) is 24.0 Å². The molecule has 0 amide bonds. The number of hydrogen-bond donors (Lipinski definition) is 1. The number of ether oxygens (including phenoxy) is 1. The number of nitrogens with one attached hydrogen (secondary N) is 1. The van der Waals surface area contributed by atoms with Gasteiger partial charge in [-0.15, -0.1) is 0 Å². The Morgan fingerprint density at radius 1 is 1.11 bits per heavy atom. The van der Waals surface area contributed by atoms with Crippen LogP contribution >= 0.6 is 12.2 Å². The van der Waals surface area contributed by atoms with Crippen molar-refractivity contribution in [2.24, 2.45) is 0 Å². The molecule has 2 aromatic carbocycles. The van der Waals surface area contributed by atoms with Crippen LogP contribution < -0.4 is 10.1 Å². The van der Waals surface area contributed by atoms with Crippen molar-refractivity contribution < 1.29 is 4.74 Å². The first-order valence-electron chi connectivity index (χ1n) is 6.36. The fraction of sp³-hybridized carbons (Fsp3) is 0.188. The van der Waals surface area contributed by atoms with Gasteiger partial charge < -0.3 is 10.1 Å². The van der Waals surface area contributed by atoms with E-state index in [0.29, 0.717) is 6.61 Å². The third kappa shape index (κ3) is 2.34. The molecule has 0 aromatic heterocycles. The molecule has 1 aliphatic heterocycles. The van der Waals surface area contributed by atoms with Gasteiger partial charge in [-0.1, -0.05) is 61.6 Å². The van der Waals surface area contributed by atoms with E-state index in [-0.39, 0.29) is 5.92 Å². The maximum atomic E-state index is 5.91. The molecule has 1 aliphatic rings. The minimum atomic E-state index is 0.269. The molecule has 3 rings (SSSR count). The lowest BCUT2D eigenvalue weighted by Gasteiger charge is -2.11. The quantitative estimate of drug-likeness (QED) is 0.847. The molecule has 0 bridgehead atoms. The maximum Gasteiger partial charge on any atom is 0.143 e. The van der Waals surface area contributed by atoms with Crippen molar-refractivity contribution in [2.45, 2.75) is 19.4 Å². The van der Waals surface area contributed by atoms with E-state index in [1.165, 1.54) is 5.56 Å². The van der Waals surface area contributed by atoms with Gasteiger partial charge in [-0.2, -0.15) is 0 Å². The van der Waals surface area contributed by atoms with Crippen LogP contribution in [0.25, 0.3) is 0 Å². The lowest BCUT2D eigenvalue weighted by atomic mass is 10.0. The highest BCUT2D eigenvalue weighted by atomic mass is 32.1. The number of thiocarbonyl (C=S) groups is 1. The smallest absolute Gasteiger partial charge is 0.143 e. The van der Waals surface area contributed by atoms with Crippen molar-refractivity contribution in [2.75, 3.05) is 5.32 Å². The Morgan fingerprint density at radius 2 is 1.89 bits per heavy atom. The number of fused-ring (bicyclic) bond motifs is 1. The zero-order valence-electron chi connectivity index (χ0n) is 10.7. The summed E-state index contributed by atoms with van der Waals surface area (Å²) in [6, 6.07) is 16.3. The second-order valence-corrected chi connectivity index (χ2v) is 5.15. The zero-order valence-corrected chi connectivity index (χ0v) is 11.5. The highest BCUT2D eigenvalue weighted by molar-refractivity contribution is 7.80. The highest BCUT2D eigenvalue weighted by Gasteiger charge is 2.25. The van der Waals surface area contributed by atoms with Gasteiger partial charge in [0.1, 0.15) is 12.4 Å². The fourth-order valence-electron chi connectivity index (χ4n) is 2.27. The van der Waals surface area contributed by atoms with Gasteiger partial charge in [-0.25, -0.2) is 0 Å². The summed E-state index contributed by atoms with van der Waals surface area (Å²) in [6.07, 6.45) is 0. The largest absolute Gasteiger partial charge is 0.487 e. The summed E-state index contributed by atoms with van der Waals surface area (Å²) >= 11 is 5.32. The molecular formula is C16H15NOS. The van der Waals surface area contributed by atoms with Crippen molar-refractivity contribution in [1.82, 2.24) is 0 Å². The van der Waals surface area contributed by atoms with Crippen molar-refractivity contribution >= 4 is 22.9 Å². The minimum Gasteiger partial charge on any atom is -0.487 e. The van der Waals surface area contributed by atoms with Gasteiger partial charge in [-0.3, -0.25) is 0 Å². The summed E-state index contributed by atoms with van der Waals surface area (Å²) in [4.78, 5) is 0.866. The van der Waals surface area contributed by atoms with E-state index in [0.717, 1.165) is 22.0 Å². The first kappa shape index (κ1) is 12.2. The molecule has 2 nitrogen and oxygen atoms in total. The van der Waals surface area contributed by atoms with Gasteiger partial charge in [0.15, 0.2) is 0 Å². The fourth-order valence-corrected chi connectivity index (χ4v) is 2.50.